The summed E-state index contributed by atoms with van der Waals surface area (Å²) in [4.78, 5) is 22.9. The first-order valence-corrected chi connectivity index (χ1v) is 7.02. The average Bonchev–Trinajstić information content (AvgIpc) is 2.45. The van der Waals surface area contributed by atoms with E-state index in [1.165, 1.54) is 19.1 Å². The molecule has 0 aliphatic heterocycles. The monoisotopic (exact) mass is 333 g/mol. The van der Waals surface area contributed by atoms with Gasteiger partial charge in [-0.3, -0.25) is 4.79 Å². The summed E-state index contributed by atoms with van der Waals surface area (Å²) < 4.78 is 43.6. The first-order valence-electron chi connectivity index (χ1n) is 7.02. The lowest BCUT2D eigenvalue weighted by Crippen LogP contribution is -2.46. The molecule has 2 atom stereocenters. The van der Waals surface area contributed by atoms with E-state index in [0.717, 1.165) is 12.1 Å². The number of hydrogen-bond acceptors (Lipinski definition) is 3. The van der Waals surface area contributed by atoms with Gasteiger partial charge in [0, 0.05) is 0 Å². The summed E-state index contributed by atoms with van der Waals surface area (Å²) in [6, 6.07) is 3.41. The van der Waals surface area contributed by atoms with E-state index in [1.807, 2.05) is 0 Å². The van der Waals surface area contributed by atoms with Crippen LogP contribution in [0.5, 0.6) is 5.75 Å². The van der Waals surface area contributed by atoms with Gasteiger partial charge < -0.3 is 15.2 Å². The molecule has 128 valence electrons. The average molecular weight is 333 g/mol. The SMILES string of the molecule is CCCC(NC(=O)C(C)Oc1ccccc1C(F)(F)F)C(=O)O. The molecule has 0 saturated carbocycles. The Morgan fingerprint density at radius 1 is 1.30 bits per heavy atom. The van der Waals surface area contributed by atoms with Gasteiger partial charge in [-0.1, -0.05) is 25.5 Å². The van der Waals surface area contributed by atoms with E-state index in [2.05, 4.69) is 5.32 Å². The Labute approximate surface area is 131 Å². The second kappa shape index (κ2) is 7.85. The van der Waals surface area contributed by atoms with Gasteiger partial charge in [-0.2, -0.15) is 13.2 Å². The number of carbonyl (C=O) groups is 2. The molecule has 0 heterocycles. The molecular formula is C15H18F3NO4. The summed E-state index contributed by atoms with van der Waals surface area (Å²) >= 11 is 0. The molecule has 0 aliphatic rings. The molecule has 0 spiro atoms. The Bertz CT molecular complexity index is 560. The fraction of sp³-hybridized carbons (Fsp3) is 0.467. The second-order valence-electron chi connectivity index (χ2n) is 4.94. The summed E-state index contributed by atoms with van der Waals surface area (Å²) in [5.41, 5.74) is -0.997. The molecular weight excluding hydrogens is 315 g/mol. The highest BCUT2D eigenvalue weighted by Crippen LogP contribution is 2.36. The number of carbonyl (C=O) groups excluding carboxylic acids is 1. The standard InChI is InChI=1S/C15H18F3NO4/c1-3-6-11(14(21)22)19-13(20)9(2)23-12-8-5-4-7-10(12)15(16,17)18/h4-5,7-9,11H,3,6H2,1-2H3,(H,19,20)(H,21,22). The minimum absolute atomic E-state index is 0.215. The Kier molecular flexibility index (Phi) is 6.41. The maximum atomic E-state index is 12.9. The molecule has 0 radical (unpaired) electrons. The van der Waals surface area contributed by atoms with Crippen molar-refractivity contribution in [2.24, 2.45) is 0 Å². The maximum Gasteiger partial charge on any atom is 0.419 e. The quantitative estimate of drug-likeness (QED) is 0.804. The van der Waals surface area contributed by atoms with Crippen molar-refractivity contribution < 1.29 is 32.6 Å². The number of alkyl halides is 3. The molecule has 5 nitrogen and oxygen atoms in total. The van der Waals surface area contributed by atoms with Gasteiger partial charge in [0.25, 0.3) is 5.91 Å². The van der Waals surface area contributed by atoms with Crippen molar-refractivity contribution in [2.75, 3.05) is 0 Å². The maximum absolute atomic E-state index is 12.9. The van der Waals surface area contributed by atoms with E-state index in [4.69, 9.17) is 9.84 Å². The van der Waals surface area contributed by atoms with Gasteiger partial charge in [0.05, 0.1) is 5.56 Å². The van der Waals surface area contributed by atoms with Gasteiger partial charge in [-0.05, 0) is 25.5 Å². The van der Waals surface area contributed by atoms with E-state index in [9.17, 15) is 22.8 Å². The number of ether oxygens (including phenoxy) is 1. The van der Waals surface area contributed by atoms with E-state index in [-0.39, 0.29) is 6.42 Å². The van der Waals surface area contributed by atoms with Crippen LogP contribution in [0.1, 0.15) is 32.3 Å². The molecule has 1 aromatic carbocycles. The molecule has 0 fully saturated rings. The summed E-state index contributed by atoms with van der Waals surface area (Å²) in [5.74, 6) is -2.48. The molecule has 23 heavy (non-hydrogen) atoms. The largest absolute Gasteiger partial charge is 0.480 e. The second-order valence-corrected chi connectivity index (χ2v) is 4.94. The normalized spacial score (nSPS) is 14.0. The van der Waals surface area contributed by atoms with Crippen molar-refractivity contribution >= 4 is 11.9 Å². The molecule has 0 aliphatic carbocycles. The van der Waals surface area contributed by atoms with Crippen LogP contribution in [0, 0.1) is 0 Å². The molecule has 1 amide bonds. The first-order chi connectivity index (χ1) is 10.7. The number of nitrogens with one attached hydrogen (secondary N) is 1. The molecule has 1 rings (SSSR count). The number of amides is 1. The van der Waals surface area contributed by atoms with Gasteiger partial charge in [-0.15, -0.1) is 0 Å². The summed E-state index contributed by atoms with van der Waals surface area (Å²) in [6.07, 6.45) is -5.13. The fourth-order valence-corrected chi connectivity index (χ4v) is 1.88. The number of rotatable bonds is 7. The van der Waals surface area contributed by atoms with Crippen LogP contribution in [-0.2, 0) is 15.8 Å². The number of carboxylic acid groups (broad SMARTS) is 1. The van der Waals surface area contributed by atoms with Crippen LogP contribution in [0.25, 0.3) is 0 Å². The predicted molar refractivity (Wildman–Crippen MR) is 76.0 cm³/mol. The lowest BCUT2D eigenvalue weighted by Gasteiger charge is -2.20. The van der Waals surface area contributed by atoms with E-state index < -0.39 is 41.5 Å². The van der Waals surface area contributed by atoms with Gasteiger partial charge in [0.15, 0.2) is 6.10 Å². The zero-order chi connectivity index (χ0) is 17.6. The topological polar surface area (TPSA) is 75.6 Å². The van der Waals surface area contributed by atoms with Crippen molar-refractivity contribution in [1.29, 1.82) is 0 Å². The number of para-hydroxylation sites is 1. The van der Waals surface area contributed by atoms with Crippen LogP contribution in [0.4, 0.5) is 13.2 Å². The van der Waals surface area contributed by atoms with Crippen LogP contribution < -0.4 is 10.1 Å². The number of benzene rings is 1. The highest BCUT2D eigenvalue weighted by molar-refractivity contribution is 5.86. The minimum atomic E-state index is -4.61. The predicted octanol–water partition coefficient (Wildman–Crippen LogP) is 2.84. The van der Waals surface area contributed by atoms with Crippen LogP contribution >= 0.6 is 0 Å². The van der Waals surface area contributed by atoms with E-state index in [0.29, 0.717) is 6.42 Å². The van der Waals surface area contributed by atoms with Crippen molar-refractivity contribution in [3.05, 3.63) is 29.8 Å². The van der Waals surface area contributed by atoms with E-state index >= 15 is 0 Å². The Morgan fingerprint density at radius 3 is 2.43 bits per heavy atom. The zero-order valence-corrected chi connectivity index (χ0v) is 12.7. The molecule has 0 saturated heterocycles. The van der Waals surface area contributed by atoms with Gasteiger partial charge >= 0.3 is 12.1 Å². The van der Waals surface area contributed by atoms with Crippen molar-refractivity contribution in [3.63, 3.8) is 0 Å². The van der Waals surface area contributed by atoms with Crippen molar-refractivity contribution in [3.8, 4) is 5.75 Å². The highest BCUT2D eigenvalue weighted by Gasteiger charge is 2.35. The van der Waals surface area contributed by atoms with E-state index in [1.54, 1.807) is 6.92 Å². The third-order valence-electron chi connectivity index (χ3n) is 3.06. The van der Waals surface area contributed by atoms with Crippen molar-refractivity contribution in [1.82, 2.24) is 5.32 Å². The van der Waals surface area contributed by atoms with Crippen molar-refractivity contribution in [2.45, 2.75) is 45.0 Å². The number of carboxylic acids is 1. The summed E-state index contributed by atoms with van der Waals surface area (Å²) in [5, 5.41) is 11.2. The summed E-state index contributed by atoms with van der Waals surface area (Å²) in [6.45, 7) is 3.01. The molecule has 1 aromatic rings. The molecule has 0 aromatic heterocycles. The molecule has 8 heteroatoms. The number of aliphatic carboxylic acids is 1. The Balaban J connectivity index is 2.82. The first kappa shape index (κ1) is 18.8. The molecule has 2 N–H and O–H groups in total. The molecule has 0 bridgehead atoms. The lowest BCUT2D eigenvalue weighted by molar-refractivity contribution is -0.143. The lowest BCUT2D eigenvalue weighted by atomic mass is 10.1. The molecule has 2 unspecified atom stereocenters. The van der Waals surface area contributed by atoms with Crippen LogP contribution in [0.2, 0.25) is 0 Å². The highest BCUT2D eigenvalue weighted by atomic mass is 19.4. The fourth-order valence-electron chi connectivity index (χ4n) is 1.88. The van der Waals surface area contributed by atoms with Crippen LogP contribution in [0.3, 0.4) is 0 Å². The van der Waals surface area contributed by atoms with Gasteiger partial charge in [-0.25, -0.2) is 4.79 Å². The van der Waals surface area contributed by atoms with Gasteiger partial charge in [0.1, 0.15) is 11.8 Å². The number of hydrogen-bond donors (Lipinski definition) is 2. The Hall–Kier alpha value is -2.25. The van der Waals surface area contributed by atoms with Crippen LogP contribution in [-0.4, -0.2) is 29.1 Å². The minimum Gasteiger partial charge on any atom is -0.480 e. The van der Waals surface area contributed by atoms with Crippen LogP contribution in [0.15, 0.2) is 24.3 Å². The smallest absolute Gasteiger partial charge is 0.419 e. The third-order valence-corrected chi connectivity index (χ3v) is 3.06. The summed E-state index contributed by atoms with van der Waals surface area (Å²) in [7, 11) is 0. The zero-order valence-electron chi connectivity index (χ0n) is 12.7. The number of halogens is 3. The van der Waals surface area contributed by atoms with Gasteiger partial charge in [0.2, 0.25) is 0 Å². The third kappa shape index (κ3) is 5.46. The Morgan fingerprint density at radius 2 is 1.91 bits per heavy atom.